The topological polar surface area (TPSA) is 55.4 Å². The second-order valence-corrected chi connectivity index (χ2v) is 8.05. The molecule has 0 aliphatic heterocycles. The van der Waals surface area contributed by atoms with Gasteiger partial charge in [-0.1, -0.05) is 25.8 Å². The van der Waals surface area contributed by atoms with Crippen LogP contribution in [-0.4, -0.2) is 20.1 Å². The maximum Gasteiger partial charge on any atom is 0.240 e. The fourth-order valence-corrected chi connectivity index (χ4v) is 3.85. The third kappa shape index (κ3) is 4.58. The normalized spacial score (nSPS) is 17.2. The molecule has 0 spiro atoms. The molecule has 1 aromatic carbocycles. The molecule has 1 fully saturated rings. The van der Waals surface area contributed by atoms with Crippen LogP contribution in [0, 0.1) is 0 Å². The lowest BCUT2D eigenvalue weighted by Gasteiger charge is -2.23. The Hall–Kier alpha value is -1.33. The summed E-state index contributed by atoms with van der Waals surface area (Å²) in [5, 5.41) is 0. The minimum atomic E-state index is -3.45. The minimum absolute atomic E-state index is 0.0642. The van der Waals surface area contributed by atoms with Crippen LogP contribution in [0.2, 0.25) is 0 Å². The maximum atomic E-state index is 12.4. The Kier molecular flexibility index (Phi) is 5.29. The number of hydrogen-bond acceptors (Lipinski definition) is 3. The Morgan fingerprint density at radius 1 is 1.18 bits per heavy atom. The van der Waals surface area contributed by atoms with Crippen LogP contribution < -0.4 is 9.46 Å². The molecule has 1 aromatic rings. The molecule has 0 aromatic heterocycles. The van der Waals surface area contributed by atoms with E-state index in [2.05, 4.69) is 11.3 Å². The van der Waals surface area contributed by atoms with Crippen molar-refractivity contribution < 1.29 is 13.2 Å². The molecule has 1 aliphatic rings. The number of nitrogens with one attached hydrogen (secondary N) is 1. The highest BCUT2D eigenvalue weighted by molar-refractivity contribution is 7.89. The first kappa shape index (κ1) is 17.0. The van der Waals surface area contributed by atoms with E-state index in [-0.39, 0.29) is 10.9 Å². The molecule has 1 saturated carbocycles. The van der Waals surface area contributed by atoms with Crippen molar-refractivity contribution >= 4 is 10.0 Å². The first-order chi connectivity index (χ1) is 10.3. The van der Waals surface area contributed by atoms with Crippen LogP contribution in [0.3, 0.4) is 0 Å². The zero-order valence-electron chi connectivity index (χ0n) is 13.3. The van der Waals surface area contributed by atoms with Crippen LogP contribution in [0.1, 0.15) is 46.0 Å². The summed E-state index contributed by atoms with van der Waals surface area (Å²) >= 11 is 0. The van der Waals surface area contributed by atoms with Crippen molar-refractivity contribution in [2.45, 2.75) is 62.5 Å². The third-order valence-electron chi connectivity index (χ3n) is 3.93. The molecule has 0 atom stereocenters. The Morgan fingerprint density at radius 2 is 1.77 bits per heavy atom. The minimum Gasteiger partial charge on any atom is -0.484 e. The molecule has 1 aliphatic carbocycles. The van der Waals surface area contributed by atoms with Crippen LogP contribution in [0.25, 0.3) is 0 Å². The van der Waals surface area contributed by atoms with Crippen LogP contribution in [-0.2, 0) is 10.0 Å². The molecule has 0 saturated heterocycles. The van der Waals surface area contributed by atoms with E-state index >= 15 is 0 Å². The van der Waals surface area contributed by atoms with Gasteiger partial charge in [0.15, 0.2) is 0 Å². The average Bonchev–Trinajstić information content (AvgIpc) is 2.48. The van der Waals surface area contributed by atoms with Crippen LogP contribution in [0.5, 0.6) is 5.75 Å². The highest BCUT2D eigenvalue weighted by atomic mass is 32.2. The zero-order chi connectivity index (χ0) is 16.2. The van der Waals surface area contributed by atoms with Gasteiger partial charge in [-0.25, -0.2) is 13.1 Å². The van der Waals surface area contributed by atoms with Crippen molar-refractivity contribution in [3.63, 3.8) is 0 Å². The summed E-state index contributed by atoms with van der Waals surface area (Å²) < 4.78 is 33.3. The molecular formula is C17H25NO3S. The molecule has 1 N–H and O–H groups in total. The van der Waals surface area contributed by atoms with Gasteiger partial charge in [-0.15, -0.1) is 0 Å². The fourth-order valence-electron chi connectivity index (χ4n) is 2.54. The molecule has 0 amide bonds. The van der Waals surface area contributed by atoms with Gasteiger partial charge in [-0.3, -0.25) is 0 Å². The molecule has 0 heterocycles. The highest BCUT2D eigenvalue weighted by Gasteiger charge is 2.22. The van der Waals surface area contributed by atoms with Gasteiger partial charge < -0.3 is 4.74 Å². The number of sulfonamides is 1. The molecule has 0 unspecified atom stereocenters. The summed E-state index contributed by atoms with van der Waals surface area (Å²) in [6, 6.07) is 6.59. The van der Waals surface area contributed by atoms with E-state index in [1.807, 2.05) is 13.8 Å². The van der Waals surface area contributed by atoms with Gasteiger partial charge in [0.2, 0.25) is 10.0 Å². The largest absolute Gasteiger partial charge is 0.484 e. The van der Waals surface area contributed by atoms with Crippen LogP contribution in [0.15, 0.2) is 41.8 Å². The molecule has 2 rings (SSSR count). The van der Waals surface area contributed by atoms with Crippen molar-refractivity contribution in [3.8, 4) is 5.75 Å². The SMILES string of the molecule is C=CC(C)(C)Oc1ccc(S(=O)(=O)NC2CCCCC2)cc1. The molecule has 122 valence electrons. The van der Waals surface area contributed by atoms with Crippen molar-refractivity contribution in [2.24, 2.45) is 0 Å². The standard InChI is InChI=1S/C17H25NO3S/c1-4-17(2,3)21-15-10-12-16(13-11-15)22(19,20)18-14-8-6-5-7-9-14/h4,10-14,18H,1,5-9H2,2-3H3. The summed E-state index contributed by atoms with van der Waals surface area (Å²) in [4.78, 5) is 0.279. The predicted molar refractivity (Wildman–Crippen MR) is 88.5 cm³/mol. The van der Waals surface area contributed by atoms with Crippen molar-refractivity contribution in [2.75, 3.05) is 0 Å². The Labute approximate surface area is 133 Å². The van der Waals surface area contributed by atoms with Gasteiger partial charge in [0.05, 0.1) is 4.90 Å². The lowest BCUT2D eigenvalue weighted by Crippen LogP contribution is -2.36. The molecule has 0 bridgehead atoms. The van der Waals surface area contributed by atoms with E-state index in [0.717, 1.165) is 25.7 Å². The predicted octanol–water partition coefficient (Wildman–Crippen LogP) is 3.64. The third-order valence-corrected chi connectivity index (χ3v) is 5.47. The summed E-state index contributed by atoms with van der Waals surface area (Å²) in [6.45, 7) is 7.52. The molecule has 0 radical (unpaired) electrons. The smallest absolute Gasteiger partial charge is 0.240 e. The number of hydrogen-bond donors (Lipinski definition) is 1. The number of ether oxygens (including phenoxy) is 1. The summed E-state index contributed by atoms with van der Waals surface area (Å²) in [5.41, 5.74) is -0.485. The van der Waals surface area contributed by atoms with Gasteiger partial charge >= 0.3 is 0 Å². The van der Waals surface area contributed by atoms with E-state index in [9.17, 15) is 8.42 Å². The molecular weight excluding hydrogens is 298 g/mol. The monoisotopic (exact) mass is 323 g/mol. The number of rotatable bonds is 6. The Bertz CT molecular complexity index is 599. The van der Waals surface area contributed by atoms with E-state index < -0.39 is 15.6 Å². The first-order valence-corrected chi connectivity index (χ1v) is 9.26. The van der Waals surface area contributed by atoms with Crippen molar-refractivity contribution in [1.29, 1.82) is 0 Å². The average molecular weight is 323 g/mol. The van der Waals surface area contributed by atoms with Gasteiger partial charge in [0.1, 0.15) is 11.4 Å². The quantitative estimate of drug-likeness (QED) is 0.813. The molecule has 5 heteroatoms. The van der Waals surface area contributed by atoms with Crippen molar-refractivity contribution in [1.82, 2.24) is 4.72 Å². The zero-order valence-corrected chi connectivity index (χ0v) is 14.2. The molecule has 22 heavy (non-hydrogen) atoms. The van der Waals surface area contributed by atoms with Gasteiger partial charge in [-0.2, -0.15) is 0 Å². The first-order valence-electron chi connectivity index (χ1n) is 7.77. The van der Waals surface area contributed by atoms with Crippen molar-refractivity contribution in [3.05, 3.63) is 36.9 Å². The Balaban J connectivity index is 2.06. The fraction of sp³-hybridized carbons (Fsp3) is 0.529. The van der Waals surface area contributed by atoms with Gasteiger partial charge in [-0.05, 0) is 57.0 Å². The van der Waals surface area contributed by atoms with E-state index in [4.69, 9.17) is 4.74 Å². The van der Waals surface area contributed by atoms with E-state index in [0.29, 0.717) is 5.75 Å². The van der Waals surface area contributed by atoms with Gasteiger partial charge in [0.25, 0.3) is 0 Å². The summed E-state index contributed by atoms with van der Waals surface area (Å²) in [6.07, 6.45) is 6.95. The Morgan fingerprint density at radius 3 is 2.32 bits per heavy atom. The number of benzene rings is 1. The van der Waals surface area contributed by atoms with Gasteiger partial charge in [0, 0.05) is 6.04 Å². The lowest BCUT2D eigenvalue weighted by molar-refractivity contribution is 0.162. The molecule has 4 nitrogen and oxygen atoms in total. The lowest BCUT2D eigenvalue weighted by atomic mass is 9.96. The van der Waals surface area contributed by atoms with E-state index in [1.165, 1.54) is 6.42 Å². The van der Waals surface area contributed by atoms with E-state index in [1.54, 1.807) is 30.3 Å². The highest BCUT2D eigenvalue weighted by Crippen LogP contribution is 2.23. The summed E-state index contributed by atoms with van der Waals surface area (Å²) in [5.74, 6) is 0.626. The van der Waals surface area contributed by atoms with Crippen LogP contribution >= 0.6 is 0 Å². The summed E-state index contributed by atoms with van der Waals surface area (Å²) in [7, 11) is -3.45. The maximum absolute atomic E-state index is 12.4. The van der Waals surface area contributed by atoms with Crippen LogP contribution in [0.4, 0.5) is 0 Å². The second kappa shape index (κ2) is 6.84. The second-order valence-electron chi connectivity index (χ2n) is 6.34.